The van der Waals surface area contributed by atoms with Gasteiger partial charge in [0.2, 0.25) is 0 Å². The van der Waals surface area contributed by atoms with Gasteiger partial charge in [0, 0.05) is 124 Å². The van der Waals surface area contributed by atoms with Crippen LogP contribution in [0.5, 0.6) is 0 Å². The number of pyridine rings is 8. The molecular weight excluding hydrogens is 1370 g/mol. The molecular formula is C100H68N12. The predicted molar refractivity (Wildman–Crippen MR) is 442 cm³/mol. The smallest absolute Gasteiger partial charge is 0.0717 e. The van der Waals surface area contributed by atoms with Crippen LogP contribution >= 0.6 is 0 Å². The molecule has 16 aromatic rings. The van der Waals surface area contributed by atoms with Crippen LogP contribution in [0.1, 0.15) is 134 Å². The fraction of sp³-hybridized carbons (Fsp3) is 0.120. The van der Waals surface area contributed by atoms with Crippen molar-refractivity contribution >= 4 is 68.2 Å². The largest absolute Gasteiger partial charge is 0.308 e. The molecule has 4 aliphatic carbocycles. The van der Waals surface area contributed by atoms with Crippen molar-refractivity contribution in [1.82, 2.24) is 39.9 Å². The molecule has 528 valence electrons. The van der Waals surface area contributed by atoms with Crippen molar-refractivity contribution in [2.45, 2.75) is 77.0 Å². The van der Waals surface area contributed by atoms with E-state index in [2.05, 4.69) is 239 Å². The summed E-state index contributed by atoms with van der Waals surface area (Å²) in [6.45, 7) is 0. The molecule has 112 heavy (non-hydrogen) atoms. The van der Waals surface area contributed by atoms with E-state index in [4.69, 9.17) is 15.0 Å². The number of aromatic nitrogens is 8. The van der Waals surface area contributed by atoms with Gasteiger partial charge in [0.15, 0.2) is 0 Å². The van der Waals surface area contributed by atoms with Gasteiger partial charge in [-0.1, -0.05) is 121 Å². The molecule has 0 spiro atoms. The molecule has 0 amide bonds. The van der Waals surface area contributed by atoms with E-state index in [0.29, 0.717) is 0 Å². The van der Waals surface area contributed by atoms with Crippen LogP contribution in [0.25, 0.3) is 44.5 Å². The first-order valence-electron chi connectivity index (χ1n) is 39.3. The Balaban J connectivity index is 0.0000000847. The van der Waals surface area contributed by atoms with Crippen molar-refractivity contribution in [2.75, 3.05) is 19.6 Å². The fourth-order valence-corrected chi connectivity index (χ4v) is 21.0. The zero-order valence-electron chi connectivity index (χ0n) is 61.3. The van der Waals surface area contributed by atoms with E-state index in [-0.39, 0.29) is 0 Å². The molecule has 0 saturated carbocycles. The van der Waals surface area contributed by atoms with Gasteiger partial charge in [0.25, 0.3) is 0 Å². The highest BCUT2D eigenvalue weighted by atomic mass is 15.2. The molecule has 0 bridgehead atoms. The van der Waals surface area contributed by atoms with Crippen LogP contribution in [-0.2, 0) is 77.0 Å². The van der Waals surface area contributed by atoms with Crippen molar-refractivity contribution in [3.63, 3.8) is 0 Å². The molecule has 0 fully saturated rings. The number of benzene rings is 8. The van der Waals surface area contributed by atoms with Crippen LogP contribution in [0.2, 0.25) is 0 Å². The molecule has 0 N–H and O–H groups in total. The van der Waals surface area contributed by atoms with E-state index in [1.54, 1.807) is 0 Å². The average molecular weight is 1440 g/mol. The first-order valence-corrected chi connectivity index (χ1v) is 39.3. The number of anilines is 12. The Morgan fingerprint density at radius 3 is 0.946 bits per heavy atom. The second-order valence-electron chi connectivity index (χ2n) is 31.5. The summed E-state index contributed by atoms with van der Waals surface area (Å²) in [5.74, 6) is 0. The van der Waals surface area contributed by atoms with Gasteiger partial charge >= 0.3 is 0 Å². The highest BCUT2D eigenvalue weighted by Gasteiger charge is 2.41. The molecule has 0 atom stereocenters. The molecule has 0 unspecified atom stereocenters. The molecule has 12 aliphatic rings. The van der Waals surface area contributed by atoms with Crippen LogP contribution < -0.4 is 19.6 Å². The Kier molecular flexibility index (Phi) is 13.2. The number of nitrogens with zero attached hydrogens (tertiary/aromatic N) is 12. The first-order chi connectivity index (χ1) is 55.5. The normalized spacial score (nSPS) is 14.6. The summed E-state index contributed by atoms with van der Waals surface area (Å²) in [7, 11) is 0. The van der Waals surface area contributed by atoms with E-state index in [9.17, 15) is 0 Å². The summed E-state index contributed by atoms with van der Waals surface area (Å²) in [5, 5.41) is 0. The Morgan fingerprint density at radius 1 is 0.170 bits per heavy atom. The molecule has 8 aromatic heterocycles. The molecule has 12 nitrogen and oxygen atoms in total. The Labute approximate surface area is 647 Å². The number of rotatable bonds is 0. The minimum absolute atomic E-state index is 0.807. The van der Waals surface area contributed by atoms with Gasteiger partial charge in [-0.15, -0.1) is 0 Å². The summed E-state index contributed by atoms with van der Waals surface area (Å²) < 4.78 is 0. The third kappa shape index (κ3) is 9.05. The van der Waals surface area contributed by atoms with Crippen LogP contribution in [0.3, 0.4) is 0 Å². The quantitative estimate of drug-likeness (QED) is 0.144. The lowest BCUT2D eigenvalue weighted by Crippen LogP contribution is -2.26. The summed E-state index contributed by atoms with van der Waals surface area (Å²) in [6, 6.07) is 75.1. The van der Waals surface area contributed by atoms with Crippen LogP contribution in [-0.4, -0.2) is 39.9 Å². The highest BCUT2D eigenvalue weighted by molar-refractivity contribution is 5.97. The molecule has 8 aliphatic heterocycles. The number of hydrogen-bond acceptors (Lipinski definition) is 12. The highest BCUT2D eigenvalue weighted by Crippen LogP contribution is 2.59. The van der Waals surface area contributed by atoms with Gasteiger partial charge in [0.1, 0.15) is 0 Å². The van der Waals surface area contributed by atoms with Crippen LogP contribution in [0.4, 0.5) is 68.2 Å². The lowest BCUT2D eigenvalue weighted by molar-refractivity contribution is 0.922. The topological polar surface area (TPSA) is 116 Å². The van der Waals surface area contributed by atoms with E-state index in [1.807, 2.05) is 74.0 Å². The van der Waals surface area contributed by atoms with Crippen molar-refractivity contribution in [1.29, 1.82) is 0 Å². The lowest BCUT2D eigenvalue weighted by Gasteiger charge is -2.39. The van der Waals surface area contributed by atoms with Crippen LogP contribution in [0, 0.1) is 0 Å². The molecule has 16 heterocycles. The number of fused-ring (bicyclic) bond motifs is 32. The standard InChI is InChI=1S/4C25H17N3/c1-2-5-17-15(4-1)12-19-18(17)7-8-23-20(19)14-22-25-16(9-11-27-22)13-21-24(28(23)25)6-3-10-26-21;1-2-5-17-15(4-1)12-19-18(17)7-8-23-20(19)13-16-9-11-27-22-14-21-24(6-3-10-26-21)28(23)25(16)22;1-2-5-18-15(4-1)10-20-19(18)7-8-23-21(20)11-16-13-26-14-17-12-22-24(6-3-9-27-22)28(23)25(16)17;1-2-4-18-15(3-1)11-20-19(18)5-6-24-21(20)12-16-7-10-27-22-13-17-14-26-9-8-23(17)28(24)25(16)22/h2*1-11H,12-14H2;1-9,13-14H,10-12H2;1-10,14H,11-13H2. The summed E-state index contributed by atoms with van der Waals surface area (Å²) >= 11 is 0. The van der Waals surface area contributed by atoms with Gasteiger partial charge < -0.3 is 19.6 Å². The molecule has 0 radical (unpaired) electrons. The van der Waals surface area contributed by atoms with Gasteiger partial charge in [-0.05, 0) is 244 Å². The van der Waals surface area contributed by atoms with Gasteiger partial charge in [0.05, 0.1) is 102 Å². The fourth-order valence-electron chi connectivity index (χ4n) is 21.0. The minimum atomic E-state index is 0.807. The third-order valence-corrected chi connectivity index (χ3v) is 25.8. The Morgan fingerprint density at radius 2 is 0.491 bits per heavy atom. The molecule has 28 rings (SSSR count). The Hall–Kier alpha value is -13.8. The van der Waals surface area contributed by atoms with Gasteiger partial charge in [-0.25, -0.2) is 0 Å². The summed E-state index contributed by atoms with van der Waals surface area (Å²) in [6.07, 6.45) is 30.8. The maximum absolute atomic E-state index is 4.80. The summed E-state index contributed by atoms with van der Waals surface area (Å²) in [4.78, 5) is 46.9. The number of hydrogen-bond donors (Lipinski definition) is 0. The first kappa shape index (κ1) is 62.1. The SMILES string of the molecule is c1ccc2c(c1)Cc1c-2ccc2c1Cc1ccnc3c1N2c1cccnc1C3.c1ccc2c(c1)Cc1c-2ccc2c1Cc1ccnc3c1N2c1ccncc1C3.c1ccc2c(c1)Cc1c-2ccc2c1Cc1cncc3c1N2c1cccnc1C3.c1ccc2c(c1)Cc1c-2ccc2c1Cc1nccc3c1N2c1cccnc1C3. The minimum Gasteiger partial charge on any atom is -0.308 e. The van der Waals surface area contributed by atoms with Crippen molar-refractivity contribution < 1.29 is 0 Å². The monoisotopic (exact) mass is 1440 g/mol. The third-order valence-electron chi connectivity index (χ3n) is 25.8. The maximum Gasteiger partial charge on any atom is 0.0717 e. The summed E-state index contributed by atoms with van der Waals surface area (Å²) in [5.41, 5.74) is 58.5. The van der Waals surface area contributed by atoms with Crippen molar-refractivity contribution in [3.05, 3.63) is 403 Å². The zero-order chi connectivity index (χ0) is 73.0. The van der Waals surface area contributed by atoms with Gasteiger partial charge in [-0.3, -0.25) is 39.9 Å². The predicted octanol–water partition coefficient (Wildman–Crippen LogP) is 21.3. The lowest BCUT2D eigenvalue weighted by atomic mass is 9.86. The van der Waals surface area contributed by atoms with E-state index < -0.39 is 0 Å². The van der Waals surface area contributed by atoms with Crippen molar-refractivity contribution in [3.8, 4) is 44.5 Å². The van der Waals surface area contributed by atoms with E-state index >= 15 is 0 Å². The molecule has 0 saturated heterocycles. The van der Waals surface area contributed by atoms with E-state index in [1.165, 1.54) is 219 Å². The zero-order valence-corrected chi connectivity index (χ0v) is 61.3. The second kappa shape index (κ2) is 23.8. The average Bonchev–Trinajstić information content (AvgIpc) is 1.17. The maximum atomic E-state index is 4.80. The molecule has 12 heteroatoms. The van der Waals surface area contributed by atoms with E-state index in [0.717, 1.165) is 106 Å². The Bertz CT molecular complexity index is 6040. The van der Waals surface area contributed by atoms with Crippen molar-refractivity contribution in [2.24, 2.45) is 0 Å². The van der Waals surface area contributed by atoms with Crippen LogP contribution in [0.15, 0.2) is 268 Å². The molecule has 8 aromatic carbocycles. The van der Waals surface area contributed by atoms with Gasteiger partial charge in [-0.2, -0.15) is 0 Å². The second-order valence-corrected chi connectivity index (χ2v) is 31.5.